The van der Waals surface area contributed by atoms with Crippen molar-refractivity contribution in [1.29, 1.82) is 0 Å². The first kappa shape index (κ1) is 12.1. The van der Waals surface area contributed by atoms with Crippen LogP contribution < -0.4 is 14.2 Å². The van der Waals surface area contributed by atoms with Gasteiger partial charge in [0.05, 0.1) is 20.8 Å². The lowest BCUT2D eigenvalue weighted by Crippen LogP contribution is -1.99. The molecule has 0 aliphatic heterocycles. The van der Waals surface area contributed by atoms with Gasteiger partial charge in [-0.2, -0.15) is 0 Å². The van der Waals surface area contributed by atoms with Gasteiger partial charge in [-0.15, -0.1) is 8.58 Å². The van der Waals surface area contributed by atoms with Crippen LogP contribution in [0.2, 0.25) is 0 Å². The van der Waals surface area contributed by atoms with Gasteiger partial charge in [-0.3, -0.25) is 0 Å². The molecule has 1 aromatic rings. The molecular weight excluding hydrogens is 211 g/mol. The molecule has 0 N–H and O–H groups in total. The zero-order valence-corrected chi connectivity index (χ0v) is 10.4. The van der Waals surface area contributed by atoms with E-state index < -0.39 is 0 Å². The summed E-state index contributed by atoms with van der Waals surface area (Å²) in [6.45, 7) is 2.92. The summed E-state index contributed by atoms with van der Waals surface area (Å²) in [5, 5.41) is 0. The van der Waals surface area contributed by atoms with Crippen LogP contribution in [0.3, 0.4) is 0 Å². The molecule has 0 saturated heterocycles. The van der Waals surface area contributed by atoms with Gasteiger partial charge in [0, 0.05) is 6.07 Å². The first-order valence-corrected chi connectivity index (χ1v) is 6.52. The molecule has 0 saturated carbocycles. The number of benzene rings is 1. The maximum atomic E-state index is 5.56. The summed E-state index contributed by atoms with van der Waals surface area (Å²) in [6.07, 6.45) is 1.09. The highest BCUT2D eigenvalue weighted by Crippen LogP contribution is 2.30. The topological polar surface area (TPSA) is 27.7 Å². The Labute approximate surface area is 92.5 Å². The van der Waals surface area contributed by atoms with Gasteiger partial charge < -0.3 is 14.2 Å². The highest BCUT2D eigenvalue weighted by molar-refractivity contribution is 7.37. The molecule has 4 heteroatoms. The molecule has 0 amide bonds. The molecule has 15 heavy (non-hydrogen) atoms. The normalized spacial score (nSPS) is 10.6. The minimum Gasteiger partial charge on any atom is -0.493 e. The minimum atomic E-state index is 0.703. The second-order valence-electron chi connectivity index (χ2n) is 2.97. The van der Waals surface area contributed by atoms with Crippen LogP contribution in [0.25, 0.3) is 0 Å². The van der Waals surface area contributed by atoms with Crippen molar-refractivity contribution >= 4 is 8.58 Å². The maximum absolute atomic E-state index is 5.56. The second-order valence-corrected chi connectivity index (χ2v) is 4.18. The van der Waals surface area contributed by atoms with Crippen LogP contribution in [-0.2, 0) is 0 Å². The molecule has 0 heterocycles. The summed E-state index contributed by atoms with van der Waals surface area (Å²) in [5.41, 5.74) is 0. The zero-order chi connectivity index (χ0) is 11.1. The van der Waals surface area contributed by atoms with Crippen LogP contribution in [0.1, 0.15) is 0 Å². The van der Waals surface area contributed by atoms with Gasteiger partial charge in [-0.1, -0.05) is 0 Å². The Morgan fingerprint density at radius 3 is 2.47 bits per heavy atom. The van der Waals surface area contributed by atoms with E-state index in [1.54, 1.807) is 14.2 Å². The third-order valence-electron chi connectivity index (χ3n) is 1.98. The number of hydrogen-bond acceptors (Lipinski definition) is 3. The molecule has 0 aliphatic rings. The van der Waals surface area contributed by atoms with Crippen LogP contribution in [0, 0.1) is 0 Å². The van der Waals surface area contributed by atoms with Crippen molar-refractivity contribution < 1.29 is 14.2 Å². The predicted molar refractivity (Wildman–Crippen MR) is 64.1 cm³/mol. The quantitative estimate of drug-likeness (QED) is 0.552. The predicted octanol–water partition coefficient (Wildman–Crippen LogP) is 2.39. The Balaban J connectivity index is 2.66. The van der Waals surface area contributed by atoms with E-state index >= 15 is 0 Å². The average molecular weight is 228 g/mol. The van der Waals surface area contributed by atoms with E-state index in [9.17, 15) is 0 Å². The van der Waals surface area contributed by atoms with Crippen molar-refractivity contribution in [2.75, 3.05) is 33.7 Å². The largest absolute Gasteiger partial charge is 0.493 e. The van der Waals surface area contributed by atoms with Gasteiger partial charge in [0.2, 0.25) is 0 Å². The molecule has 1 rings (SSSR count). The molecule has 84 valence electrons. The van der Waals surface area contributed by atoms with Crippen molar-refractivity contribution in [2.45, 2.75) is 0 Å². The van der Waals surface area contributed by atoms with Crippen LogP contribution in [0.5, 0.6) is 17.2 Å². The molecule has 1 aromatic carbocycles. The minimum absolute atomic E-state index is 0.703. The van der Waals surface area contributed by atoms with E-state index in [-0.39, 0.29) is 0 Å². The van der Waals surface area contributed by atoms with Gasteiger partial charge in [0.1, 0.15) is 5.75 Å². The molecule has 1 atom stereocenters. The van der Waals surface area contributed by atoms with Crippen LogP contribution in [-0.4, -0.2) is 33.7 Å². The molecule has 0 aromatic heterocycles. The highest BCUT2D eigenvalue weighted by Gasteiger charge is 2.04. The van der Waals surface area contributed by atoms with Gasteiger partial charge >= 0.3 is 0 Å². The molecular formula is C11H17O3P. The first-order chi connectivity index (χ1) is 7.31. The van der Waals surface area contributed by atoms with Gasteiger partial charge in [0.15, 0.2) is 11.5 Å². The van der Waals surface area contributed by atoms with E-state index in [4.69, 9.17) is 14.2 Å². The monoisotopic (exact) mass is 228 g/mol. The zero-order valence-electron chi connectivity index (χ0n) is 9.37. The second kappa shape index (κ2) is 6.52. The molecule has 3 nitrogen and oxygen atoms in total. The van der Waals surface area contributed by atoms with Crippen molar-refractivity contribution in [3.63, 3.8) is 0 Å². The third kappa shape index (κ3) is 3.60. The Morgan fingerprint density at radius 2 is 1.87 bits per heavy atom. The summed E-state index contributed by atoms with van der Waals surface area (Å²) in [6, 6.07) is 5.58. The fourth-order valence-electron chi connectivity index (χ4n) is 1.18. The van der Waals surface area contributed by atoms with Crippen molar-refractivity contribution in [3.8, 4) is 17.2 Å². The van der Waals surface area contributed by atoms with Crippen molar-refractivity contribution in [1.82, 2.24) is 0 Å². The fourth-order valence-corrected chi connectivity index (χ4v) is 1.48. The summed E-state index contributed by atoms with van der Waals surface area (Å²) < 4.78 is 15.9. The fraction of sp³-hybridized carbons (Fsp3) is 0.455. The lowest BCUT2D eigenvalue weighted by molar-refractivity contribution is 0.329. The number of methoxy groups -OCH3 is 2. The summed E-state index contributed by atoms with van der Waals surface area (Å²) in [7, 11) is 4.17. The Morgan fingerprint density at radius 1 is 1.13 bits per heavy atom. The SMILES string of the molecule is COc1ccc(OCCPC)cc1OC. The number of ether oxygens (including phenoxy) is 3. The number of hydrogen-bond donors (Lipinski definition) is 0. The summed E-state index contributed by atoms with van der Waals surface area (Å²) in [5.74, 6) is 2.25. The smallest absolute Gasteiger partial charge is 0.164 e. The Kier molecular flexibility index (Phi) is 5.27. The summed E-state index contributed by atoms with van der Waals surface area (Å²) in [4.78, 5) is 0. The van der Waals surface area contributed by atoms with Gasteiger partial charge in [-0.05, 0) is 25.0 Å². The molecule has 0 aliphatic carbocycles. The van der Waals surface area contributed by atoms with Crippen molar-refractivity contribution in [2.24, 2.45) is 0 Å². The average Bonchev–Trinajstić information content (AvgIpc) is 2.29. The van der Waals surface area contributed by atoms with E-state index in [0.29, 0.717) is 5.75 Å². The molecule has 0 radical (unpaired) electrons. The van der Waals surface area contributed by atoms with E-state index in [0.717, 1.165) is 32.8 Å². The van der Waals surface area contributed by atoms with E-state index in [2.05, 4.69) is 6.66 Å². The van der Waals surface area contributed by atoms with Gasteiger partial charge in [-0.25, -0.2) is 0 Å². The lowest BCUT2D eigenvalue weighted by atomic mass is 10.3. The number of rotatable bonds is 6. The molecule has 0 bridgehead atoms. The van der Waals surface area contributed by atoms with Crippen LogP contribution >= 0.6 is 8.58 Å². The van der Waals surface area contributed by atoms with Crippen LogP contribution in [0.15, 0.2) is 18.2 Å². The third-order valence-corrected chi connectivity index (χ3v) is 2.68. The molecule has 0 spiro atoms. The Hall–Kier alpha value is -0.950. The highest BCUT2D eigenvalue weighted by atomic mass is 31.1. The summed E-state index contributed by atoms with van der Waals surface area (Å²) >= 11 is 0. The Bertz CT molecular complexity index is 302. The van der Waals surface area contributed by atoms with Crippen molar-refractivity contribution in [3.05, 3.63) is 18.2 Å². The van der Waals surface area contributed by atoms with Gasteiger partial charge in [0.25, 0.3) is 0 Å². The lowest BCUT2D eigenvalue weighted by Gasteiger charge is -2.10. The maximum Gasteiger partial charge on any atom is 0.164 e. The van der Waals surface area contributed by atoms with E-state index in [1.807, 2.05) is 18.2 Å². The van der Waals surface area contributed by atoms with E-state index in [1.165, 1.54) is 0 Å². The standard InChI is InChI=1S/C11H17O3P/c1-12-10-5-4-9(8-11(10)13-2)14-6-7-15-3/h4-5,8,15H,6-7H2,1-3H3. The first-order valence-electron chi connectivity index (χ1n) is 4.81. The van der Waals surface area contributed by atoms with Crippen LogP contribution in [0.4, 0.5) is 0 Å². The molecule has 0 fully saturated rings. The molecule has 1 unspecified atom stereocenters.